The van der Waals surface area contributed by atoms with Crippen molar-refractivity contribution in [2.75, 3.05) is 27.2 Å². The number of thiocarbonyl (C=S) groups is 1. The van der Waals surface area contributed by atoms with Crippen molar-refractivity contribution in [3.8, 4) is 5.69 Å². The van der Waals surface area contributed by atoms with Crippen molar-refractivity contribution in [2.24, 2.45) is 0 Å². The lowest BCUT2D eigenvalue weighted by Gasteiger charge is -2.28. The molecule has 1 fully saturated rings. The molecule has 3 aromatic rings. The van der Waals surface area contributed by atoms with Crippen molar-refractivity contribution < 1.29 is 0 Å². The number of hydrogen-bond donors (Lipinski definition) is 1. The van der Waals surface area contributed by atoms with Crippen LogP contribution >= 0.6 is 12.2 Å². The fourth-order valence-electron chi connectivity index (χ4n) is 4.51. The zero-order valence-electron chi connectivity index (χ0n) is 18.6. The Hall–Kier alpha value is -2.77. The molecule has 1 N–H and O–H groups in total. The van der Waals surface area contributed by atoms with Crippen LogP contribution in [0.3, 0.4) is 0 Å². The highest BCUT2D eigenvalue weighted by molar-refractivity contribution is 7.80. The summed E-state index contributed by atoms with van der Waals surface area (Å²) in [4.78, 5) is 13.5. The molecule has 3 aromatic heterocycles. The first-order valence-electron chi connectivity index (χ1n) is 10.7. The molecule has 0 amide bonds. The second kappa shape index (κ2) is 9.16. The fourth-order valence-corrected chi connectivity index (χ4v) is 4.84. The van der Waals surface area contributed by atoms with Gasteiger partial charge >= 0.3 is 0 Å². The standard InChI is InChI=1S/C24H30N6S/c1-17-15-20(18(2)30(17)19-9-7-11-25-16-19)23-22(21-10-5-6-12-26-21)27-24(31)29(23)14-8-13-28(3)4/h5-7,9-12,15-16,22-23H,8,13-14H2,1-4H3,(H,27,31)/t22-,23+/m1/s1. The van der Waals surface area contributed by atoms with Gasteiger partial charge in [-0.05, 0) is 89.0 Å². The third kappa shape index (κ3) is 4.34. The summed E-state index contributed by atoms with van der Waals surface area (Å²) >= 11 is 5.81. The van der Waals surface area contributed by atoms with Crippen LogP contribution in [0.15, 0.2) is 55.0 Å². The van der Waals surface area contributed by atoms with E-state index in [9.17, 15) is 0 Å². The van der Waals surface area contributed by atoms with E-state index in [1.807, 2.05) is 36.8 Å². The molecule has 0 radical (unpaired) electrons. The van der Waals surface area contributed by atoms with Crippen LogP contribution in [0.1, 0.15) is 41.1 Å². The average molecular weight is 435 g/mol. The number of nitrogens with one attached hydrogen (secondary N) is 1. The normalized spacial score (nSPS) is 18.6. The second-order valence-electron chi connectivity index (χ2n) is 8.35. The molecule has 0 unspecified atom stereocenters. The average Bonchev–Trinajstić information content (AvgIpc) is 3.24. The predicted molar refractivity (Wildman–Crippen MR) is 128 cm³/mol. The van der Waals surface area contributed by atoms with Gasteiger partial charge in [0.25, 0.3) is 0 Å². The molecule has 6 nitrogen and oxygen atoms in total. The quantitative estimate of drug-likeness (QED) is 0.571. The summed E-state index contributed by atoms with van der Waals surface area (Å²) in [7, 11) is 4.21. The first-order chi connectivity index (χ1) is 15.0. The third-order valence-corrected chi connectivity index (χ3v) is 6.25. The summed E-state index contributed by atoms with van der Waals surface area (Å²) in [6.07, 6.45) is 6.61. The number of aromatic nitrogens is 3. The van der Waals surface area contributed by atoms with Gasteiger partial charge in [0.15, 0.2) is 5.11 Å². The molecule has 7 heteroatoms. The van der Waals surface area contributed by atoms with Gasteiger partial charge in [0.1, 0.15) is 0 Å². The van der Waals surface area contributed by atoms with E-state index < -0.39 is 0 Å². The maximum atomic E-state index is 5.81. The van der Waals surface area contributed by atoms with E-state index >= 15 is 0 Å². The molecule has 4 heterocycles. The van der Waals surface area contributed by atoms with Crippen LogP contribution < -0.4 is 5.32 Å². The van der Waals surface area contributed by atoms with E-state index in [0.29, 0.717) is 0 Å². The summed E-state index contributed by atoms with van der Waals surface area (Å²) in [5.41, 5.74) is 5.75. The second-order valence-corrected chi connectivity index (χ2v) is 8.74. The summed E-state index contributed by atoms with van der Waals surface area (Å²) in [5, 5.41) is 4.36. The van der Waals surface area contributed by atoms with Gasteiger partial charge in [-0.15, -0.1) is 0 Å². The van der Waals surface area contributed by atoms with Crippen LogP contribution in [-0.4, -0.2) is 56.6 Å². The smallest absolute Gasteiger partial charge is 0.170 e. The number of hydrogen-bond acceptors (Lipinski definition) is 4. The van der Waals surface area contributed by atoms with Gasteiger partial charge in [-0.25, -0.2) is 0 Å². The van der Waals surface area contributed by atoms with Gasteiger partial charge in [0, 0.05) is 30.3 Å². The SMILES string of the molecule is Cc1cc([C@H]2[C@@H](c3ccccn3)NC(=S)N2CCCN(C)C)c(C)n1-c1cccnc1. The van der Waals surface area contributed by atoms with Gasteiger partial charge < -0.3 is 19.7 Å². The number of nitrogens with zero attached hydrogens (tertiary/aromatic N) is 5. The van der Waals surface area contributed by atoms with Crippen molar-refractivity contribution in [1.29, 1.82) is 0 Å². The predicted octanol–water partition coefficient (Wildman–Crippen LogP) is 3.81. The minimum absolute atomic E-state index is 0.0101. The largest absolute Gasteiger partial charge is 0.352 e. The maximum Gasteiger partial charge on any atom is 0.170 e. The Kier molecular flexibility index (Phi) is 6.34. The van der Waals surface area contributed by atoms with E-state index in [0.717, 1.165) is 36.0 Å². The minimum atomic E-state index is 0.0101. The molecule has 1 saturated heterocycles. The van der Waals surface area contributed by atoms with Gasteiger partial charge in [-0.3, -0.25) is 9.97 Å². The van der Waals surface area contributed by atoms with E-state index in [1.165, 1.54) is 17.0 Å². The summed E-state index contributed by atoms with van der Waals surface area (Å²) in [5.74, 6) is 0. The van der Waals surface area contributed by atoms with E-state index in [1.54, 1.807) is 0 Å². The van der Waals surface area contributed by atoms with Crippen LogP contribution in [-0.2, 0) is 0 Å². The van der Waals surface area contributed by atoms with Crippen molar-refractivity contribution in [2.45, 2.75) is 32.4 Å². The molecule has 2 atom stereocenters. The Labute approximate surface area is 189 Å². The molecule has 1 aliphatic rings. The molecule has 4 rings (SSSR count). The number of rotatable bonds is 7. The zero-order valence-corrected chi connectivity index (χ0v) is 19.4. The van der Waals surface area contributed by atoms with Crippen LogP contribution in [0.4, 0.5) is 0 Å². The van der Waals surface area contributed by atoms with Crippen LogP contribution in [0.5, 0.6) is 0 Å². The van der Waals surface area contributed by atoms with Crippen molar-refractivity contribution in [3.05, 3.63) is 77.6 Å². The summed E-state index contributed by atoms with van der Waals surface area (Å²) in [6.45, 7) is 6.25. The highest BCUT2D eigenvalue weighted by atomic mass is 32.1. The van der Waals surface area contributed by atoms with Crippen LogP contribution in [0.25, 0.3) is 5.69 Å². The highest BCUT2D eigenvalue weighted by Crippen LogP contribution is 2.41. The minimum Gasteiger partial charge on any atom is -0.352 e. The Morgan fingerprint density at radius 3 is 2.65 bits per heavy atom. The van der Waals surface area contributed by atoms with Crippen molar-refractivity contribution in [3.63, 3.8) is 0 Å². The van der Waals surface area contributed by atoms with E-state index in [4.69, 9.17) is 12.2 Å². The first kappa shape index (κ1) is 21.5. The zero-order chi connectivity index (χ0) is 22.0. The van der Waals surface area contributed by atoms with Gasteiger partial charge in [-0.1, -0.05) is 6.07 Å². The van der Waals surface area contributed by atoms with Crippen LogP contribution in [0, 0.1) is 13.8 Å². The molecule has 0 aromatic carbocycles. The summed E-state index contributed by atoms with van der Waals surface area (Å²) in [6, 6.07) is 12.5. The Bertz CT molecular complexity index is 1030. The third-order valence-electron chi connectivity index (χ3n) is 5.90. The highest BCUT2D eigenvalue weighted by Gasteiger charge is 2.41. The van der Waals surface area contributed by atoms with E-state index in [2.05, 4.69) is 75.8 Å². The maximum absolute atomic E-state index is 5.81. The van der Waals surface area contributed by atoms with Gasteiger partial charge in [0.2, 0.25) is 0 Å². The van der Waals surface area contributed by atoms with Gasteiger partial charge in [0.05, 0.1) is 29.7 Å². The lowest BCUT2D eigenvalue weighted by molar-refractivity contribution is 0.292. The molecule has 0 saturated carbocycles. The summed E-state index contributed by atoms with van der Waals surface area (Å²) < 4.78 is 2.27. The molecule has 0 bridgehead atoms. The van der Waals surface area contributed by atoms with Gasteiger partial charge in [-0.2, -0.15) is 0 Å². The lowest BCUT2D eigenvalue weighted by atomic mass is 9.96. The number of aryl methyl sites for hydroxylation is 1. The van der Waals surface area contributed by atoms with Crippen molar-refractivity contribution >= 4 is 17.3 Å². The molecule has 0 aliphatic carbocycles. The number of pyridine rings is 2. The van der Waals surface area contributed by atoms with Crippen LogP contribution in [0.2, 0.25) is 0 Å². The van der Waals surface area contributed by atoms with Crippen molar-refractivity contribution in [1.82, 2.24) is 29.7 Å². The molecule has 0 spiro atoms. The monoisotopic (exact) mass is 434 g/mol. The Morgan fingerprint density at radius 1 is 1.13 bits per heavy atom. The molecule has 1 aliphatic heterocycles. The molecular weight excluding hydrogens is 404 g/mol. The fraction of sp³-hybridized carbons (Fsp3) is 0.375. The Morgan fingerprint density at radius 2 is 1.97 bits per heavy atom. The molecule has 162 valence electrons. The topological polar surface area (TPSA) is 49.2 Å². The molecular formula is C24H30N6S. The molecule has 31 heavy (non-hydrogen) atoms. The lowest BCUT2D eigenvalue weighted by Crippen LogP contribution is -2.32. The first-order valence-corrected chi connectivity index (χ1v) is 11.1. The van der Waals surface area contributed by atoms with E-state index in [-0.39, 0.29) is 12.1 Å². The Balaban J connectivity index is 1.76.